The fourth-order valence-electron chi connectivity index (χ4n) is 2.23. The molecule has 0 aromatic heterocycles. The summed E-state index contributed by atoms with van der Waals surface area (Å²) in [5.41, 5.74) is 2.01. The Morgan fingerprint density at radius 1 is 1.04 bits per heavy atom. The van der Waals surface area contributed by atoms with Crippen LogP contribution in [0.1, 0.15) is 38.3 Å². The maximum absolute atomic E-state index is 6.19. The van der Waals surface area contributed by atoms with Gasteiger partial charge in [0.05, 0.1) is 7.11 Å². The van der Waals surface area contributed by atoms with Gasteiger partial charge in [-0.25, -0.2) is 0 Å². The lowest BCUT2D eigenvalue weighted by molar-refractivity contribution is 0.284. The van der Waals surface area contributed by atoms with Crippen LogP contribution in [0.5, 0.6) is 11.5 Å². The SMILES string of the molecule is CCC(C)(C)NCc1ccc(OCc2c(Cl)cccc2Cl)c(OC)c1. The topological polar surface area (TPSA) is 30.5 Å². The highest BCUT2D eigenvalue weighted by Crippen LogP contribution is 2.31. The number of hydrogen-bond donors (Lipinski definition) is 1. The molecule has 0 radical (unpaired) electrons. The van der Waals surface area contributed by atoms with Crippen molar-refractivity contribution in [3.8, 4) is 11.5 Å². The third-order valence-corrected chi connectivity index (χ3v) is 5.02. The summed E-state index contributed by atoms with van der Waals surface area (Å²) >= 11 is 12.4. The fourth-order valence-corrected chi connectivity index (χ4v) is 2.73. The van der Waals surface area contributed by atoms with Crippen LogP contribution in [0.3, 0.4) is 0 Å². The molecule has 2 rings (SSSR count). The van der Waals surface area contributed by atoms with Crippen LogP contribution < -0.4 is 14.8 Å². The van der Waals surface area contributed by atoms with Gasteiger partial charge in [-0.15, -0.1) is 0 Å². The summed E-state index contributed by atoms with van der Waals surface area (Å²) in [4.78, 5) is 0. The predicted octanol–water partition coefficient (Wildman–Crippen LogP) is 5.86. The molecule has 25 heavy (non-hydrogen) atoms. The predicted molar refractivity (Wildman–Crippen MR) is 105 cm³/mol. The molecule has 0 aliphatic carbocycles. The van der Waals surface area contributed by atoms with E-state index < -0.39 is 0 Å². The summed E-state index contributed by atoms with van der Waals surface area (Å²) in [5, 5.41) is 4.72. The van der Waals surface area contributed by atoms with Gasteiger partial charge in [-0.05, 0) is 50.1 Å². The van der Waals surface area contributed by atoms with Crippen molar-refractivity contribution < 1.29 is 9.47 Å². The van der Waals surface area contributed by atoms with E-state index in [-0.39, 0.29) is 12.1 Å². The third-order valence-electron chi connectivity index (χ3n) is 4.32. The first kappa shape index (κ1) is 19.9. The number of nitrogens with one attached hydrogen (secondary N) is 1. The molecule has 0 aliphatic rings. The van der Waals surface area contributed by atoms with Crippen LogP contribution in [-0.2, 0) is 13.2 Å². The van der Waals surface area contributed by atoms with Crippen molar-refractivity contribution in [2.75, 3.05) is 7.11 Å². The van der Waals surface area contributed by atoms with Gasteiger partial charge >= 0.3 is 0 Å². The Labute approximate surface area is 160 Å². The standard InChI is InChI=1S/C20H25Cl2NO2/c1-5-20(2,3)23-12-14-9-10-18(19(11-14)24-4)25-13-15-16(21)7-6-8-17(15)22/h6-11,23H,5,12-13H2,1-4H3. The van der Waals surface area contributed by atoms with E-state index in [4.69, 9.17) is 32.7 Å². The largest absolute Gasteiger partial charge is 0.493 e. The molecule has 0 aliphatic heterocycles. The van der Waals surface area contributed by atoms with Gasteiger partial charge in [-0.1, -0.05) is 42.3 Å². The number of benzene rings is 2. The van der Waals surface area contributed by atoms with Crippen molar-refractivity contribution in [2.45, 2.75) is 45.9 Å². The zero-order valence-corrected chi connectivity index (χ0v) is 16.7. The molecule has 0 spiro atoms. The van der Waals surface area contributed by atoms with Gasteiger partial charge in [0.2, 0.25) is 0 Å². The first-order valence-corrected chi connectivity index (χ1v) is 9.09. The zero-order chi connectivity index (χ0) is 18.4. The van der Waals surface area contributed by atoms with Gasteiger partial charge in [0.25, 0.3) is 0 Å². The van der Waals surface area contributed by atoms with Gasteiger partial charge in [-0.2, -0.15) is 0 Å². The van der Waals surface area contributed by atoms with E-state index in [1.807, 2.05) is 24.3 Å². The Bertz CT molecular complexity index is 697. The Kier molecular flexibility index (Phi) is 7.00. The molecule has 0 fully saturated rings. The van der Waals surface area contributed by atoms with E-state index in [0.717, 1.165) is 24.1 Å². The van der Waals surface area contributed by atoms with E-state index in [2.05, 4.69) is 26.1 Å². The number of hydrogen-bond acceptors (Lipinski definition) is 3. The summed E-state index contributed by atoms with van der Waals surface area (Å²) in [6, 6.07) is 11.3. The summed E-state index contributed by atoms with van der Waals surface area (Å²) in [6.07, 6.45) is 1.06. The van der Waals surface area contributed by atoms with Crippen molar-refractivity contribution in [1.29, 1.82) is 0 Å². The smallest absolute Gasteiger partial charge is 0.161 e. The van der Waals surface area contributed by atoms with Crippen molar-refractivity contribution in [3.05, 3.63) is 57.6 Å². The minimum absolute atomic E-state index is 0.100. The van der Waals surface area contributed by atoms with E-state index in [9.17, 15) is 0 Å². The monoisotopic (exact) mass is 381 g/mol. The summed E-state index contributed by atoms with van der Waals surface area (Å²) < 4.78 is 11.4. The van der Waals surface area contributed by atoms with Crippen molar-refractivity contribution >= 4 is 23.2 Å². The summed E-state index contributed by atoms with van der Waals surface area (Å²) in [6.45, 7) is 7.61. The molecule has 0 saturated heterocycles. The van der Waals surface area contributed by atoms with Gasteiger partial charge in [0.1, 0.15) is 6.61 Å². The minimum atomic E-state index is 0.100. The third kappa shape index (κ3) is 5.53. The van der Waals surface area contributed by atoms with Crippen molar-refractivity contribution in [2.24, 2.45) is 0 Å². The zero-order valence-electron chi connectivity index (χ0n) is 15.2. The Morgan fingerprint density at radius 2 is 1.72 bits per heavy atom. The van der Waals surface area contributed by atoms with E-state index in [1.54, 1.807) is 19.2 Å². The number of ether oxygens (including phenoxy) is 2. The number of halogens is 2. The second-order valence-corrected chi connectivity index (χ2v) is 7.38. The van der Waals surface area contributed by atoms with E-state index in [1.165, 1.54) is 0 Å². The van der Waals surface area contributed by atoms with Crippen LogP contribution in [0.15, 0.2) is 36.4 Å². The first-order chi connectivity index (χ1) is 11.9. The lowest BCUT2D eigenvalue weighted by Gasteiger charge is -2.24. The lowest BCUT2D eigenvalue weighted by atomic mass is 10.0. The molecular weight excluding hydrogens is 357 g/mol. The molecule has 1 N–H and O–H groups in total. The number of methoxy groups -OCH3 is 1. The van der Waals surface area contributed by atoms with Crippen molar-refractivity contribution in [3.63, 3.8) is 0 Å². The van der Waals surface area contributed by atoms with Gasteiger partial charge in [0, 0.05) is 27.7 Å². The summed E-state index contributed by atoms with van der Waals surface area (Å²) in [7, 11) is 1.64. The van der Waals surface area contributed by atoms with Crippen LogP contribution in [0.25, 0.3) is 0 Å². The molecule has 0 unspecified atom stereocenters. The summed E-state index contributed by atoms with van der Waals surface area (Å²) in [5.74, 6) is 1.36. The second kappa shape index (κ2) is 8.79. The highest BCUT2D eigenvalue weighted by atomic mass is 35.5. The maximum atomic E-state index is 6.19. The molecular formula is C20H25Cl2NO2. The average molecular weight is 382 g/mol. The second-order valence-electron chi connectivity index (χ2n) is 6.57. The van der Waals surface area contributed by atoms with Gasteiger partial charge < -0.3 is 14.8 Å². The van der Waals surface area contributed by atoms with Gasteiger partial charge in [0.15, 0.2) is 11.5 Å². The first-order valence-electron chi connectivity index (χ1n) is 8.34. The minimum Gasteiger partial charge on any atom is -0.493 e. The normalized spacial score (nSPS) is 11.4. The average Bonchev–Trinajstić information content (AvgIpc) is 2.60. The molecule has 2 aromatic rings. The highest BCUT2D eigenvalue weighted by molar-refractivity contribution is 6.35. The molecule has 3 nitrogen and oxygen atoms in total. The van der Waals surface area contributed by atoms with Crippen LogP contribution in [-0.4, -0.2) is 12.6 Å². The Hall–Kier alpha value is -1.42. The van der Waals surface area contributed by atoms with Crippen LogP contribution in [0.2, 0.25) is 10.0 Å². The molecule has 0 heterocycles. The molecule has 0 amide bonds. The van der Waals surface area contributed by atoms with Gasteiger partial charge in [-0.3, -0.25) is 0 Å². The molecule has 0 atom stereocenters. The van der Waals surface area contributed by atoms with Crippen LogP contribution in [0.4, 0.5) is 0 Å². The van der Waals surface area contributed by atoms with E-state index >= 15 is 0 Å². The molecule has 0 saturated carbocycles. The van der Waals surface area contributed by atoms with E-state index in [0.29, 0.717) is 21.5 Å². The quantitative estimate of drug-likeness (QED) is 0.620. The Balaban J connectivity index is 2.09. The fraction of sp³-hybridized carbons (Fsp3) is 0.400. The highest BCUT2D eigenvalue weighted by Gasteiger charge is 2.14. The molecule has 136 valence electrons. The number of rotatable bonds is 8. The lowest BCUT2D eigenvalue weighted by Crippen LogP contribution is -2.37. The Morgan fingerprint density at radius 3 is 2.32 bits per heavy atom. The molecule has 2 aromatic carbocycles. The molecule has 0 bridgehead atoms. The van der Waals surface area contributed by atoms with Crippen LogP contribution >= 0.6 is 23.2 Å². The molecule has 5 heteroatoms. The van der Waals surface area contributed by atoms with Crippen LogP contribution in [0, 0.1) is 0 Å². The maximum Gasteiger partial charge on any atom is 0.161 e. The van der Waals surface area contributed by atoms with Crippen molar-refractivity contribution in [1.82, 2.24) is 5.32 Å².